The van der Waals surface area contributed by atoms with Crippen molar-refractivity contribution in [2.75, 3.05) is 75.1 Å². The Morgan fingerprint density at radius 1 is 0.578 bits per heavy atom. The molecule has 4 saturated heterocycles. The zero-order valence-electron chi connectivity index (χ0n) is 52.4. The molecule has 0 bridgehead atoms. The number of aliphatic hydroxyl groups excluding tert-OH is 1. The molecule has 2 spiro atoms. The number of carbonyl (C=O) groups excluding carboxylic acids is 5. The first-order valence-electron chi connectivity index (χ1n) is 29.8. The van der Waals surface area contributed by atoms with Gasteiger partial charge in [-0.2, -0.15) is 26.3 Å². The second kappa shape index (κ2) is 29.5. The Bertz CT molecular complexity index is 3240. The number of amides is 5. The minimum Gasteiger partial charge on any atom is -0.445 e. The summed E-state index contributed by atoms with van der Waals surface area (Å²) >= 11 is 0. The summed E-state index contributed by atoms with van der Waals surface area (Å²) in [6.45, 7) is 6.99. The van der Waals surface area contributed by atoms with E-state index < -0.39 is 76.1 Å². The molecule has 9 rings (SSSR count). The van der Waals surface area contributed by atoms with E-state index in [4.69, 9.17) is 28.8 Å². The largest absolute Gasteiger partial charge is 0.445 e. The van der Waals surface area contributed by atoms with Crippen LogP contribution in [0.2, 0.25) is 0 Å². The molecule has 0 aromatic heterocycles. The third-order valence-corrected chi connectivity index (χ3v) is 17.5. The zero-order valence-corrected chi connectivity index (χ0v) is 52.4. The SMILES string of the molecule is CO.Cc1cc([C@@H](C)OC[C@@]2(c3ccccc3)CC[C@]3(CCC(=O)N3COC(=O)N(C)C)CN2)cc(C(F)(F)F)c1.Cc1cc([C@@H](C)OC[C@@]2(c3ccccc3)CC[C@]3(CCC(=O)N3COC(=O)N(C)C)CN2C(=O)OCc2ccccc2)cc(C(F)(F)F)c1. The van der Waals surface area contributed by atoms with Gasteiger partial charge in [-0.1, -0.05) is 114 Å². The van der Waals surface area contributed by atoms with Gasteiger partial charge >= 0.3 is 30.6 Å². The van der Waals surface area contributed by atoms with Crippen molar-refractivity contribution in [2.45, 2.75) is 132 Å². The Kier molecular flexibility index (Phi) is 22.8. The van der Waals surface area contributed by atoms with Crippen LogP contribution in [0.25, 0.3) is 0 Å². The van der Waals surface area contributed by atoms with E-state index in [1.165, 1.54) is 14.7 Å². The second-order valence-electron chi connectivity index (χ2n) is 24.0. The maximum atomic E-state index is 14.3. The van der Waals surface area contributed by atoms with E-state index in [0.717, 1.165) is 48.1 Å². The van der Waals surface area contributed by atoms with Crippen molar-refractivity contribution in [3.63, 3.8) is 0 Å². The van der Waals surface area contributed by atoms with Crippen LogP contribution < -0.4 is 5.32 Å². The minimum atomic E-state index is -4.52. The molecule has 2 N–H and O–H groups in total. The molecule has 23 heteroatoms. The van der Waals surface area contributed by atoms with Crippen LogP contribution in [0.5, 0.6) is 0 Å². The van der Waals surface area contributed by atoms with Crippen molar-refractivity contribution in [3.8, 4) is 0 Å². The van der Waals surface area contributed by atoms with Gasteiger partial charge in [0.2, 0.25) is 11.8 Å². The lowest BCUT2D eigenvalue weighted by atomic mass is 9.73. The van der Waals surface area contributed by atoms with Crippen LogP contribution in [-0.4, -0.2) is 146 Å². The Balaban J connectivity index is 0.000000255. The van der Waals surface area contributed by atoms with Gasteiger partial charge in [-0.05, 0) is 118 Å². The first kappa shape index (κ1) is 69.7. The number of nitrogens with zero attached hydrogens (tertiary/aromatic N) is 5. The smallest absolute Gasteiger partial charge is 0.416 e. The summed E-state index contributed by atoms with van der Waals surface area (Å²) in [5.74, 6) is -0.249. The normalized spacial score (nSPS) is 22.2. The van der Waals surface area contributed by atoms with Crippen LogP contribution in [0.4, 0.5) is 40.7 Å². The predicted octanol–water partition coefficient (Wildman–Crippen LogP) is 12.4. The summed E-state index contributed by atoms with van der Waals surface area (Å²) in [5, 5.41) is 10.6. The molecule has 488 valence electrons. The van der Waals surface area contributed by atoms with Crippen LogP contribution in [0.3, 0.4) is 0 Å². The van der Waals surface area contributed by atoms with Crippen LogP contribution >= 0.6 is 0 Å². The molecule has 5 amide bonds. The van der Waals surface area contributed by atoms with Gasteiger partial charge in [0, 0.05) is 61.2 Å². The highest BCUT2D eigenvalue weighted by molar-refractivity contribution is 5.81. The Labute approximate surface area is 522 Å². The maximum Gasteiger partial charge on any atom is 0.416 e. The highest BCUT2D eigenvalue weighted by atomic mass is 19.4. The number of piperidine rings is 2. The molecule has 90 heavy (non-hydrogen) atoms. The van der Waals surface area contributed by atoms with Crippen molar-refractivity contribution >= 4 is 30.1 Å². The summed E-state index contributed by atoms with van der Waals surface area (Å²) in [4.78, 5) is 72.0. The lowest BCUT2D eigenvalue weighted by molar-refractivity contribution is -0.143. The number of ether oxygens (including phenoxy) is 5. The standard InChI is InChI=1S/C37H42F3N3O6.C29H36F3N3O4.CH4O/c1-26-19-29(21-31(20-26)37(38,39)40)27(2)48-24-36(30-13-9-6-10-14-30)18-17-35(16-15-32(44)43(35)25-49-33(45)41(3)4)23-42(36)34(46)47-22-28-11-7-5-8-12-28;1-20-14-22(16-24(15-20)29(30,31)32)21(2)38-18-28(23-8-6-5-7-9-23)13-12-27(17-33-28)11-10-25(36)35(27)19-39-26(37)34(3)4;1-2/h5-14,19-21,27H,15-18,22-25H2,1-4H3;5-9,14-16,21,33H,10-13,17-19H2,1-4H3;2H,1H3/t27-,35-,36-;21-,27-,28-;/m11./s1. The fraction of sp³-hybridized carbons (Fsp3) is 0.478. The highest BCUT2D eigenvalue weighted by Crippen LogP contribution is 2.49. The molecule has 17 nitrogen and oxygen atoms in total. The van der Waals surface area contributed by atoms with E-state index in [1.54, 1.807) is 77.8 Å². The van der Waals surface area contributed by atoms with Crippen molar-refractivity contribution in [1.29, 1.82) is 0 Å². The fourth-order valence-corrected chi connectivity index (χ4v) is 12.3. The quantitative estimate of drug-likeness (QED) is 0.0706. The van der Waals surface area contributed by atoms with Gasteiger partial charge in [0.15, 0.2) is 13.5 Å². The third-order valence-electron chi connectivity index (χ3n) is 17.5. The molecule has 0 aliphatic carbocycles. The molecule has 4 fully saturated rings. The number of carbonyl (C=O) groups is 5. The fourth-order valence-electron chi connectivity index (χ4n) is 12.3. The average molecular weight is 1260 g/mol. The Morgan fingerprint density at radius 3 is 1.49 bits per heavy atom. The Hall–Kier alpha value is -7.73. The zero-order chi connectivity index (χ0) is 65.8. The summed E-state index contributed by atoms with van der Waals surface area (Å²) in [7, 11) is 7.26. The monoisotopic (exact) mass is 1260 g/mol. The van der Waals surface area contributed by atoms with E-state index in [9.17, 15) is 50.3 Å². The number of aliphatic hydroxyl groups is 1. The number of alkyl halides is 6. The van der Waals surface area contributed by atoms with Crippen LogP contribution in [0, 0.1) is 13.8 Å². The predicted molar refractivity (Wildman–Crippen MR) is 323 cm³/mol. The van der Waals surface area contributed by atoms with Gasteiger partial charge in [0.25, 0.3) is 0 Å². The number of nitrogens with one attached hydrogen (secondary N) is 1. The third kappa shape index (κ3) is 16.4. The number of hydrogen-bond donors (Lipinski definition) is 2. The van der Waals surface area contributed by atoms with Gasteiger partial charge in [-0.25, -0.2) is 14.4 Å². The van der Waals surface area contributed by atoms with Gasteiger partial charge in [0.1, 0.15) is 6.61 Å². The topological polar surface area (TPSA) is 180 Å². The molecule has 4 heterocycles. The highest BCUT2D eigenvalue weighted by Gasteiger charge is 2.57. The van der Waals surface area contributed by atoms with Crippen LogP contribution in [-0.2, 0) is 63.3 Å². The minimum absolute atomic E-state index is 0.00208. The molecule has 5 aromatic rings. The molecule has 0 unspecified atom stereocenters. The summed E-state index contributed by atoms with van der Waals surface area (Å²) in [5.41, 5.74) is -0.175. The van der Waals surface area contributed by atoms with E-state index in [-0.39, 0.29) is 58.1 Å². The molecule has 4 aliphatic heterocycles. The summed E-state index contributed by atoms with van der Waals surface area (Å²) in [6.07, 6.45) is -8.32. The van der Waals surface area contributed by atoms with Crippen LogP contribution in [0.1, 0.15) is 127 Å². The molecule has 0 radical (unpaired) electrons. The molecule has 5 aromatic carbocycles. The number of halogens is 6. The van der Waals surface area contributed by atoms with E-state index >= 15 is 0 Å². The van der Waals surface area contributed by atoms with Gasteiger partial charge in [-0.3, -0.25) is 14.5 Å². The average Bonchev–Trinajstić information content (AvgIpc) is 1.34. The van der Waals surface area contributed by atoms with Crippen molar-refractivity contribution in [2.24, 2.45) is 0 Å². The summed E-state index contributed by atoms with van der Waals surface area (Å²) < 4.78 is 111. The van der Waals surface area contributed by atoms with Gasteiger partial charge < -0.3 is 53.7 Å². The Morgan fingerprint density at radius 2 is 1.02 bits per heavy atom. The number of aryl methyl sites for hydroxylation is 2. The van der Waals surface area contributed by atoms with Crippen LogP contribution in [0.15, 0.2) is 127 Å². The molecule has 0 saturated carbocycles. The maximum absolute atomic E-state index is 14.3. The second-order valence-corrected chi connectivity index (χ2v) is 24.0. The van der Waals surface area contributed by atoms with E-state index in [2.05, 4.69) is 5.32 Å². The number of benzene rings is 5. The molecule has 4 aliphatic rings. The van der Waals surface area contributed by atoms with E-state index in [0.29, 0.717) is 73.7 Å². The van der Waals surface area contributed by atoms with Gasteiger partial charge in [-0.15, -0.1) is 0 Å². The van der Waals surface area contributed by atoms with E-state index in [1.807, 2.05) is 91.0 Å². The van der Waals surface area contributed by atoms with Crippen molar-refractivity contribution in [3.05, 3.63) is 177 Å². The first-order valence-corrected chi connectivity index (χ1v) is 29.8. The number of hydrogen-bond acceptors (Lipinski definition) is 12. The number of likely N-dealkylation sites (tertiary alicyclic amines) is 3. The van der Waals surface area contributed by atoms with Crippen molar-refractivity contribution in [1.82, 2.24) is 29.8 Å². The summed E-state index contributed by atoms with van der Waals surface area (Å²) in [6, 6.07) is 36.2. The van der Waals surface area contributed by atoms with Gasteiger partial charge in [0.05, 0.1) is 58.7 Å². The molecular formula is C67H82F6N6O11. The molecular weight excluding hydrogens is 1180 g/mol. The molecule has 6 atom stereocenters. The lowest BCUT2D eigenvalue weighted by Gasteiger charge is -2.54. The van der Waals surface area contributed by atoms with Crippen molar-refractivity contribution < 1.29 is 79.1 Å². The lowest BCUT2D eigenvalue weighted by Crippen LogP contribution is -2.66. The first-order chi connectivity index (χ1) is 42.6. The number of rotatable bonds is 16.